The summed E-state index contributed by atoms with van der Waals surface area (Å²) in [5.74, 6) is -0.839. The first-order valence-corrected chi connectivity index (χ1v) is 12.4. The molecule has 32 heavy (non-hydrogen) atoms. The Morgan fingerprint density at radius 2 is 1.94 bits per heavy atom. The molecule has 0 saturated carbocycles. The summed E-state index contributed by atoms with van der Waals surface area (Å²) in [6.45, 7) is 3.48. The average molecular weight is 483 g/mol. The molecule has 0 spiro atoms. The molecule has 1 aliphatic heterocycles. The number of carbonyl (C=O) groups excluding carboxylic acids is 3. The Balaban J connectivity index is 1.48. The summed E-state index contributed by atoms with van der Waals surface area (Å²) in [5.41, 5.74) is 0. The number of amides is 1. The lowest BCUT2D eigenvalue weighted by molar-refractivity contribution is -0.148. The average Bonchev–Trinajstić information content (AvgIpc) is 3.37. The zero-order valence-electron chi connectivity index (χ0n) is 18.2. The zero-order valence-corrected chi connectivity index (χ0v) is 19.8. The molecule has 0 aliphatic carbocycles. The SMILES string of the molecule is CC(=O)NCc1ccc(C(=O)COC(=O)C2CCN(S(=O)(=O)c3cn(C)c(C)n3)CC2)s1. The van der Waals surface area contributed by atoms with E-state index in [1.54, 1.807) is 30.7 Å². The van der Waals surface area contributed by atoms with Crippen molar-refractivity contribution < 1.29 is 27.5 Å². The van der Waals surface area contributed by atoms with Crippen LogP contribution in [0.5, 0.6) is 0 Å². The molecule has 1 fully saturated rings. The van der Waals surface area contributed by atoms with Crippen molar-refractivity contribution in [1.29, 1.82) is 0 Å². The minimum atomic E-state index is -3.71. The third-order valence-electron chi connectivity index (χ3n) is 5.27. The first-order valence-electron chi connectivity index (χ1n) is 10.1. The fraction of sp³-hybridized carbons (Fsp3) is 0.500. The minimum Gasteiger partial charge on any atom is -0.457 e. The molecule has 0 bridgehead atoms. The highest BCUT2D eigenvalue weighted by Gasteiger charge is 2.34. The Hall–Kier alpha value is -2.57. The standard InChI is InChI=1S/C20H26N4O6S2/c1-13-22-19(11-23(13)3)32(28,29)24-8-6-15(7-9-24)20(27)30-12-17(26)18-5-4-16(31-18)10-21-14(2)25/h4-5,11,15H,6-10,12H2,1-3H3,(H,21,25). The van der Waals surface area contributed by atoms with E-state index in [2.05, 4.69) is 10.3 Å². The van der Waals surface area contributed by atoms with E-state index < -0.39 is 21.9 Å². The topological polar surface area (TPSA) is 128 Å². The van der Waals surface area contributed by atoms with Crippen LogP contribution in [0, 0.1) is 12.8 Å². The van der Waals surface area contributed by atoms with E-state index in [1.165, 1.54) is 28.8 Å². The summed E-state index contributed by atoms with van der Waals surface area (Å²) < 4.78 is 33.7. The number of hydrogen-bond acceptors (Lipinski definition) is 8. The van der Waals surface area contributed by atoms with E-state index in [0.717, 1.165) is 4.88 Å². The van der Waals surface area contributed by atoms with Gasteiger partial charge in [0, 0.05) is 38.1 Å². The number of sulfonamides is 1. The van der Waals surface area contributed by atoms with Gasteiger partial charge in [-0.25, -0.2) is 13.4 Å². The summed E-state index contributed by atoms with van der Waals surface area (Å²) in [4.78, 5) is 41.0. The fourth-order valence-electron chi connectivity index (χ4n) is 3.27. The molecule has 1 aliphatic rings. The predicted octanol–water partition coefficient (Wildman–Crippen LogP) is 1.25. The van der Waals surface area contributed by atoms with Crippen LogP contribution in [0.1, 0.15) is 40.1 Å². The molecule has 3 rings (SSSR count). The molecule has 174 valence electrons. The number of hydrogen-bond donors (Lipinski definition) is 1. The Morgan fingerprint density at radius 3 is 2.53 bits per heavy atom. The van der Waals surface area contributed by atoms with Crippen molar-refractivity contribution in [2.75, 3.05) is 19.7 Å². The number of nitrogens with zero attached hydrogens (tertiary/aromatic N) is 3. The Morgan fingerprint density at radius 1 is 1.25 bits per heavy atom. The molecule has 0 atom stereocenters. The van der Waals surface area contributed by atoms with Crippen LogP contribution in [0.3, 0.4) is 0 Å². The van der Waals surface area contributed by atoms with E-state index in [0.29, 0.717) is 30.1 Å². The van der Waals surface area contributed by atoms with E-state index >= 15 is 0 Å². The number of esters is 1. The number of piperidine rings is 1. The van der Waals surface area contributed by atoms with Crippen LogP contribution in [0.25, 0.3) is 0 Å². The van der Waals surface area contributed by atoms with E-state index in [9.17, 15) is 22.8 Å². The van der Waals surface area contributed by atoms with Crippen molar-refractivity contribution in [2.45, 2.75) is 38.3 Å². The molecule has 2 aromatic heterocycles. The smallest absolute Gasteiger partial charge is 0.309 e. The van der Waals surface area contributed by atoms with Gasteiger partial charge in [-0.3, -0.25) is 14.4 Å². The fourth-order valence-corrected chi connectivity index (χ4v) is 5.64. The highest BCUT2D eigenvalue weighted by molar-refractivity contribution is 7.89. The molecule has 0 unspecified atom stereocenters. The van der Waals surface area contributed by atoms with Gasteiger partial charge in [0.05, 0.1) is 17.3 Å². The Bertz CT molecular complexity index is 1090. The summed E-state index contributed by atoms with van der Waals surface area (Å²) in [6.07, 6.45) is 2.11. The highest BCUT2D eigenvalue weighted by atomic mass is 32.2. The van der Waals surface area contributed by atoms with Gasteiger partial charge < -0.3 is 14.6 Å². The third kappa shape index (κ3) is 5.61. The molecule has 12 heteroatoms. The van der Waals surface area contributed by atoms with Gasteiger partial charge in [0.15, 0.2) is 11.6 Å². The largest absolute Gasteiger partial charge is 0.457 e. The van der Waals surface area contributed by atoms with Gasteiger partial charge in [0.2, 0.25) is 11.7 Å². The van der Waals surface area contributed by atoms with Crippen molar-refractivity contribution in [2.24, 2.45) is 13.0 Å². The molecule has 1 amide bonds. The predicted molar refractivity (Wildman–Crippen MR) is 117 cm³/mol. The van der Waals surface area contributed by atoms with Crippen molar-refractivity contribution in [3.8, 4) is 0 Å². The van der Waals surface area contributed by atoms with Crippen LogP contribution in [0.4, 0.5) is 0 Å². The van der Waals surface area contributed by atoms with Gasteiger partial charge in [0.1, 0.15) is 5.82 Å². The van der Waals surface area contributed by atoms with Gasteiger partial charge in [-0.2, -0.15) is 4.31 Å². The van der Waals surface area contributed by atoms with Crippen LogP contribution in [-0.4, -0.2) is 59.6 Å². The van der Waals surface area contributed by atoms with Gasteiger partial charge in [-0.05, 0) is 31.9 Å². The number of ketones is 1. The molecule has 0 radical (unpaired) electrons. The number of thiophene rings is 1. The molecular weight excluding hydrogens is 456 g/mol. The number of Topliss-reactive ketones (excluding diaryl/α,β-unsaturated/α-hetero) is 1. The molecule has 1 N–H and O–H groups in total. The van der Waals surface area contributed by atoms with E-state index in [4.69, 9.17) is 4.74 Å². The lowest BCUT2D eigenvalue weighted by atomic mass is 9.98. The van der Waals surface area contributed by atoms with Crippen molar-refractivity contribution >= 4 is 39.0 Å². The normalized spacial score (nSPS) is 15.5. The van der Waals surface area contributed by atoms with Crippen LogP contribution < -0.4 is 5.32 Å². The van der Waals surface area contributed by atoms with Crippen LogP contribution in [0.2, 0.25) is 0 Å². The maximum absolute atomic E-state index is 12.8. The summed E-state index contributed by atoms with van der Waals surface area (Å²) in [6, 6.07) is 3.38. The maximum atomic E-state index is 12.8. The van der Waals surface area contributed by atoms with E-state index in [-0.39, 0.29) is 36.4 Å². The summed E-state index contributed by atoms with van der Waals surface area (Å²) in [7, 11) is -1.99. The van der Waals surface area contributed by atoms with Crippen molar-refractivity contribution in [3.05, 3.63) is 33.9 Å². The molecule has 2 aromatic rings. The lowest BCUT2D eigenvalue weighted by Gasteiger charge is -2.29. The molecule has 10 nitrogen and oxygen atoms in total. The number of rotatable bonds is 8. The number of imidazole rings is 1. The van der Waals surface area contributed by atoms with Gasteiger partial charge >= 0.3 is 5.97 Å². The van der Waals surface area contributed by atoms with Gasteiger partial charge in [-0.15, -0.1) is 11.3 Å². The third-order valence-corrected chi connectivity index (χ3v) is 8.17. The van der Waals surface area contributed by atoms with Crippen molar-refractivity contribution in [3.63, 3.8) is 0 Å². The number of nitrogens with one attached hydrogen (secondary N) is 1. The Kier molecular flexibility index (Phi) is 7.47. The monoisotopic (exact) mass is 482 g/mol. The number of aromatic nitrogens is 2. The molecule has 0 aromatic carbocycles. The lowest BCUT2D eigenvalue weighted by Crippen LogP contribution is -2.40. The van der Waals surface area contributed by atoms with Gasteiger partial charge in [0.25, 0.3) is 10.0 Å². The number of ether oxygens (including phenoxy) is 1. The van der Waals surface area contributed by atoms with Crippen LogP contribution in [-0.2, 0) is 37.9 Å². The second-order valence-electron chi connectivity index (χ2n) is 7.62. The highest BCUT2D eigenvalue weighted by Crippen LogP contribution is 2.24. The Labute approximate surface area is 190 Å². The molecule has 3 heterocycles. The zero-order chi connectivity index (χ0) is 23.5. The first-order chi connectivity index (χ1) is 15.1. The maximum Gasteiger partial charge on any atom is 0.309 e. The summed E-state index contributed by atoms with van der Waals surface area (Å²) in [5, 5.41) is 2.66. The molecular formula is C20H26N4O6S2. The summed E-state index contributed by atoms with van der Waals surface area (Å²) >= 11 is 1.24. The van der Waals surface area contributed by atoms with Crippen LogP contribution >= 0.6 is 11.3 Å². The van der Waals surface area contributed by atoms with Crippen LogP contribution in [0.15, 0.2) is 23.4 Å². The first kappa shape index (κ1) is 24.1. The second kappa shape index (κ2) is 9.92. The quantitative estimate of drug-likeness (QED) is 0.443. The molecule has 1 saturated heterocycles. The number of carbonyl (C=O) groups is 3. The van der Waals surface area contributed by atoms with Crippen molar-refractivity contribution in [1.82, 2.24) is 19.2 Å². The van der Waals surface area contributed by atoms with E-state index in [1.807, 2.05) is 0 Å². The number of aryl methyl sites for hydroxylation is 2. The second-order valence-corrected chi connectivity index (χ2v) is 10.7. The minimum absolute atomic E-state index is 0.00190. The van der Waals surface area contributed by atoms with Gasteiger partial charge in [-0.1, -0.05) is 0 Å².